The van der Waals surface area contributed by atoms with E-state index >= 15 is 0 Å². The normalized spacial score (nSPS) is 17.7. The maximum Gasteiger partial charge on any atom is 0.223 e. The van der Waals surface area contributed by atoms with Crippen LogP contribution in [0.2, 0.25) is 0 Å². The second-order valence-corrected chi connectivity index (χ2v) is 7.66. The highest BCUT2D eigenvalue weighted by Crippen LogP contribution is 2.24. The lowest BCUT2D eigenvalue weighted by Crippen LogP contribution is -2.43. The van der Waals surface area contributed by atoms with E-state index in [0.29, 0.717) is 12.5 Å². The van der Waals surface area contributed by atoms with Gasteiger partial charge in [-0.1, -0.05) is 19.1 Å². The third-order valence-electron chi connectivity index (χ3n) is 6.03. The molecule has 0 spiro atoms. The van der Waals surface area contributed by atoms with E-state index in [9.17, 15) is 4.79 Å². The number of fused-ring (bicyclic) bond motifs is 3. The molecule has 1 aromatic carbocycles. The van der Waals surface area contributed by atoms with Crippen molar-refractivity contribution in [3.05, 3.63) is 41.2 Å². The number of aromatic nitrogens is 3. The zero-order chi connectivity index (χ0) is 19.0. The third-order valence-corrected chi connectivity index (χ3v) is 6.03. The van der Waals surface area contributed by atoms with Gasteiger partial charge in [0, 0.05) is 35.8 Å². The van der Waals surface area contributed by atoms with Gasteiger partial charge in [-0.15, -0.1) is 0 Å². The summed E-state index contributed by atoms with van der Waals surface area (Å²) in [5.74, 6) is 0.283. The van der Waals surface area contributed by atoms with Gasteiger partial charge >= 0.3 is 0 Å². The van der Waals surface area contributed by atoms with E-state index in [1.807, 2.05) is 29.6 Å². The van der Waals surface area contributed by atoms with Crippen LogP contribution in [0.3, 0.4) is 0 Å². The minimum absolute atomic E-state index is 0.283. The van der Waals surface area contributed by atoms with Gasteiger partial charge < -0.3 is 4.90 Å². The highest BCUT2D eigenvalue weighted by Gasteiger charge is 2.25. The first kappa shape index (κ1) is 18.0. The number of carbonyl (C=O) groups excluding carboxylic acids is 1. The lowest BCUT2D eigenvalue weighted by atomic mass is 9.98. The molecule has 1 amide bonds. The summed E-state index contributed by atoms with van der Waals surface area (Å²) >= 11 is 0. The maximum atomic E-state index is 12.9. The molecule has 4 rings (SSSR count). The molecule has 0 radical (unpaired) electrons. The summed E-state index contributed by atoms with van der Waals surface area (Å²) in [5.41, 5.74) is 5.10. The minimum Gasteiger partial charge on any atom is -0.340 e. The number of hydrogen-bond donors (Lipinski definition) is 0. The van der Waals surface area contributed by atoms with E-state index in [0.717, 1.165) is 65.7 Å². The molecule has 1 atom stereocenters. The Hall–Kier alpha value is -2.43. The van der Waals surface area contributed by atoms with Crippen molar-refractivity contribution in [2.75, 3.05) is 6.54 Å². The predicted octanol–water partition coefficient (Wildman–Crippen LogP) is 4.22. The minimum atomic E-state index is 0.283. The summed E-state index contributed by atoms with van der Waals surface area (Å²) in [6.45, 7) is 7.23. The fraction of sp³-hybridized carbons (Fsp3) is 0.500. The second-order valence-electron chi connectivity index (χ2n) is 7.66. The first-order valence-corrected chi connectivity index (χ1v) is 10.1. The summed E-state index contributed by atoms with van der Waals surface area (Å²) in [4.78, 5) is 19.8. The van der Waals surface area contributed by atoms with Gasteiger partial charge in [-0.3, -0.25) is 4.79 Å². The molecule has 3 heterocycles. The van der Waals surface area contributed by atoms with Gasteiger partial charge in [-0.2, -0.15) is 5.10 Å². The van der Waals surface area contributed by atoms with E-state index in [-0.39, 0.29) is 5.91 Å². The molecule has 1 aliphatic heterocycles. The smallest absolute Gasteiger partial charge is 0.223 e. The summed E-state index contributed by atoms with van der Waals surface area (Å²) in [6.07, 6.45) is 5.85. The molecular formula is C22H28N4O. The van der Waals surface area contributed by atoms with Crippen molar-refractivity contribution in [1.82, 2.24) is 19.5 Å². The summed E-state index contributed by atoms with van der Waals surface area (Å²) in [7, 11) is 0. The quantitative estimate of drug-likeness (QED) is 0.696. The van der Waals surface area contributed by atoms with Crippen LogP contribution in [0, 0.1) is 13.8 Å². The zero-order valence-electron chi connectivity index (χ0n) is 16.5. The number of hydrogen-bond acceptors (Lipinski definition) is 3. The van der Waals surface area contributed by atoms with E-state index in [1.165, 1.54) is 6.42 Å². The van der Waals surface area contributed by atoms with Gasteiger partial charge in [0.2, 0.25) is 5.91 Å². The monoisotopic (exact) mass is 364 g/mol. The van der Waals surface area contributed by atoms with Crippen molar-refractivity contribution in [2.24, 2.45) is 0 Å². The Morgan fingerprint density at radius 3 is 2.85 bits per heavy atom. The van der Waals surface area contributed by atoms with Crippen molar-refractivity contribution >= 4 is 22.5 Å². The Kier molecular flexibility index (Phi) is 4.85. The highest BCUT2D eigenvalue weighted by molar-refractivity contribution is 5.92. The van der Waals surface area contributed by atoms with Gasteiger partial charge in [0.05, 0.1) is 5.52 Å². The van der Waals surface area contributed by atoms with Crippen LogP contribution in [0.5, 0.6) is 0 Å². The number of carbonyl (C=O) groups is 1. The predicted molar refractivity (Wildman–Crippen MR) is 108 cm³/mol. The fourth-order valence-electron chi connectivity index (χ4n) is 4.47. The van der Waals surface area contributed by atoms with Crippen molar-refractivity contribution in [2.45, 2.75) is 65.3 Å². The van der Waals surface area contributed by atoms with Crippen LogP contribution in [0.4, 0.5) is 0 Å². The van der Waals surface area contributed by atoms with Gasteiger partial charge in [0.25, 0.3) is 0 Å². The molecule has 1 saturated heterocycles. The molecule has 0 bridgehead atoms. The lowest BCUT2D eigenvalue weighted by molar-refractivity contribution is -0.134. The van der Waals surface area contributed by atoms with Crippen LogP contribution >= 0.6 is 0 Å². The van der Waals surface area contributed by atoms with Crippen LogP contribution in [0.1, 0.15) is 56.0 Å². The molecule has 2 aromatic heterocycles. The molecular weight excluding hydrogens is 336 g/mol. The first-order valence-electron chi connectivity index (χ1n) is 10.1. The number of likely N-dealkylation sites (tertiary alicyclic amines) is 1. The van der Waals surface area contributed by atoms with Crippen molar-refractivity contribution in [1.29, 1.82) is 0 Å². The molecule has 142 valence electrons. The van der Waals surface area contributed by atoms with Crippen molar-refractivity contribution < 1.29 is 4.79 Å². The number of amides is 1. The Morgan fingerprint density at radius 1 is 1.22 bits per heavy atom. The number of benzene rings is 1. The van der Waals surface area contributed by atoms with E-state index in [1.54, 1.807) is 0 Å². The number of aryl methyl sites for hydroxylation is 2. The second kappa shape index (κ2) is 7.29. The third kappa shape index (κ3) is 3.20. The van der Waals surface area contributed by atoms with Crippen LogP contribution in [-0.4, -0.2) is 38.0 Å². The first-order chi connectivity index (χ1) is 13.1. The van der Waals surface area contributed by atoms with Crippen LogP contribution in [-0.2, 0) is 11.2 Å². The van der Waals surface area contributed by atoms with Gasteiger partial charge in [0.15, 0.2) is 5.65 Å². The molecule has 1 fully saturated rings. The number of piperidine rings is 1. The number of nitrogens with zero attached hydrogens (tertiary/aromatic N) is 4. The topological polar surface area (TPSA) is 50.5 Å². The number of rotatable bonds is 4. The van der Waals surface area contributed by atoms with Crippen molar-refractivity contribution in [3.63, 3.8) is 0 Å². The summed E-state index contributed by atoms with van der Waals surface area (Å²) < 4.78 is 1.94. The SMILES string of the molecule is CCC1CCCCN1C(=O)CCc1c(C)nc2c3ccccc3nn2c1C. The van der Waals surface area contributed by atoms with E-state index in [4.69, 9.17) is 10.1 Å². The van der Waals surface area contributed by atoms with Crippen LogP contribution < -0.4 is 0 Å². The lowest BCUT2D eigenvalue weighted by Gasteiger charge is -2.35. The average Bonchev–Trinajstić information content (AvgIpc) is 3.06. The van der Waals surface area contributed by atoms with Gasteiger partial charge in [-0.05, 0) is 63.6 Å². The molecule has 3 aromatic rings. The van der Waals surface area contributed by atoms with Gasteiger partial charge in [-0.25, -0.2) is 9.50 Å². The molecule has 5 heteroatoms. The molecule has 5 nitrogen and oxygen atoms in total. The Morgan fingerprint density at radius 2 is 2.04 bits per heavy atom. The molecule has 1 aliphatic rings. The molecule has 1 unspecified atom stereocenters. The Bertz CT molecular complexity index is 991. The van der Waals surface area contributed by atoms with E-state index in [2.05, 4.69) is 24.8 Å². The average molecular weight is 364 g/mol. The molecule has 0 saturated carbocycles. The maximum absolute atomic E-state index is 12.9. The standard InChI is InChI=1S/C22H28N4O/c1-4-17-9-7-8-14-25(17)21(27)13-12-18-15(2)23-22-19-10-5-6-11-20(19)24-26(22)16(18)3/h5-6,10-11,17H,4,7-9,12-14H2,1-3H3. The van der Waals surface area contributed by atoms with E-state index < -0.39 is 0 Å². The fourth-order valence-corrected chi connectivity index (χ4v) is 4.47. The van der Waals surface area contributed by atoms with Crippen molar-refractivity contribution in [3.8, 4) is 0 Å². The van der Waals surface area contributed by atoms with Gasteiger partial charge in [0.1, 0.15) is 0 Å². The summed E-state index contributed by atoms with van der Waals surface area (Å²) in [5, 5.41) is 5.79. The van der Waals surface area contributed by atoms with Crippen LogP contribution in [0.15, 0.2) is 24.3 Å². The Labute approximate surface area is 160 Å². The Balaban J connectivity index is 1.60. The largest absolute Gasteiger partial charge is 0.340 e. The summed E-state index contributed by atoms with van der Waals surface area (Å²) in [6, 6.07) is 8.52. The molecule has 27 heavy (non-hydrogen) atoms. The highest BCUT2D eigenvalue weighted by atomic mass is 16.2. The molecule has 0 N–H and O–H groups in total. The van der Waals surface area contributed by atoms with Crippen LogP contribution in [0.25, 0.3) is 16.6 Å². The zero-order valence-corrected chi connectivity index (χ0v) is 16.5. The molecule has 0 aliphatic carbocycles.